The minimum Gasteiger partial charge on any atom is -0.344 e. The van der Waals surface area contributed by atoms with Crippen molar-refractivity contribution in [3.05, 3.63) is 89.4 Å². The summed E-state index contributed by atoms with van der Waals surface area (Å²) in [6, 6.07) is 24.8. The van der Waals surface area contributed by atoms with Crippen LogP contribution in [0.5, 0.6) is 0 Å². The van der Waals surface area contributed by atoms with Gasteiger partial charge in [0, 0.05) is 38.9 Å². The highest BCUT2D eigenvalue weighted by Crippen LogP contribution is 2.28. The van der Waals surface area contributed by atoms with Crippen LogP contribution in [0.15, 0.2) is 78.9 Å². The number of nitrogens with one attached hydrogen (secondary N) is 1. The Balaban J connectivity index is 1.36. The van der Waals surface area contributed by atoms with Crippen LogP contribution in [0.25, 0.3) is 0 Å². The summed E-state index contributed by atoms with van der Waals surface area (Å²) in [5.74, 6) is -0.105. The average molecular weight is 463 g/mol. The van der Waals surface area contributed by atoms with Crippen LogP contribution in [0.3, 0.4) is 0 Å². The summed E-state index contributed by atoms with van der Waals surface area (Å²) in [7, 11) is 1.97. The molecule has 1 heterocycles. The average Bonchev–Trinajstić information content (AvgIpc) is 2.85. The van der Waals surface area contributed by atoms with Crippen LogP contribution in [-0.2, 0) is 4.79 Å². The number of nitrogens with zero attached hydrogens (tertiary/aromatic N) is 3. The SMILES string of the molecule is CN(c1ccccc1)c1ccccc1C(=O)N1CCN(CC(=O)Nc2ccccc2Cl)CC1. The summed E-state index contributed by atoms with van der Waals surface area (Å²) < 4.78 is 0. The molecule has 170 valence electrons. The van der Waals surface area contributed by atoms with Gasteiger partial charge < -0.3 is 15.1 Å². The first-order valence-corrected chi connectivity index (χ1v) is 11.3. The van der Waals surface area contributed by atoms with Gasteiger partial charge in [-0.2, -0.15) is 0 Å². The molecule has 0 bridgehead atoms. The van der Waals surface area contributed by atoms with Crippen molar-refractivity contribution in [2.24, 2.45) is 0 Å². The van der Waals surface area contributed by atoms with Gasteiger partial charge in [-0.05, 0) is 36.4 Å². The lowest BCUT2D eigenvalue weighted by molar-refractivity contribution is -0.117. The molecule has 0 aliphatic carbocycles. The van der Waals surface area contributed by atoms with E-state index < -0.39 is 0 Å². The van der Waals surface area contributed by atoms with Crippen LogP contribution >= 0.6 is 11.6 Å². The van der Waals surface area contributed by atoms with Gasteiger partial charge in [0.2, 0.25) is 5.91 Å². The molecule has 0 unspecified atom stereocenters. The Morgan fingerprint density at radius 2 is 1.52 bits per heavy atom. The molecule has 6 nitrogen and oxygen atoms in total. The van der Waals surface area contributed by atoms with E-state index in [-0.39, 0.29) is 18.4 Å². The highest BCUT2D eigenvalue weighted by Gasteiger charge is 2.25. The van der Waals surface area contributed by atoms with E-state index in [1.165, 1.54) is 0 Å². The predicted octanol–water partition coefficient (Wildman–Crippen LogP) is 4.50. The molecule has 7 heteroatoms. The second-order valence-corrected chi connectivity index (χ2v) is 8.42. The molecule has 1 saturated heterocycles. The topological polar surface area (TPSA) is 55.9 Å². The van der Waals surface area contributed by atoms with E-state index in [0.717, 1.165) is 11.4 Å². The Bertz CT molecular complexity index is 1110. The van der Waals surface area contributed by atoms with Crippen LogP contribution in [0.4, 0.5) is 17.1 Å². The maximum Gasteiger partial charge on any atom is 0.256 e. The molecule has 0 spiro atoms. The molecule has 2 amide bonds. The van der Waals surface area contributed by atoms with Gasteiger partial charge >= 0.3 is 0 Å². The van der Waals surface area contributed by atoms with E-state index in [0.29, 0.717) is 42.5 Å². The van der Waals surface area contributed by atoms with Crippen molar-refractivity contribution in [1.29, 1.82) is 0 Å². The molecule has 33 heavy (non-hydrogen) atoms. The van der Waals surface area contributed by atoms with Crippen LogP contribution in [-0.4, -0.2) is 61.4 Å². The van der Waals surface area contributed by atoms with Crippen molar-refractivity contribution in [3.63, 3.8) is 0 Å². The molecule has 0 aromatic heterocycles. The van der Waals surface area contributed by atoms with Crippen LogP contribution in [0, 0.1) is 0 Å². The van der Waals surface area contributed by atoms with Crippen LogP contribution < -0.4 is 10.2 Å². The first-order chi connectivity index (χ1) is 16.0. The number of halogens is 1. The van der Waals surface area contributed by atoms with Crippen LogP contribution in [0.2, 0.25) is 5.02 Å². The van der Waals surface area contributed by atoms with Gasteiger partial charge in [-0.25, -0.2) is 0 Å². The monoisotopic (exact) mass is 462 g/mol. The van der Waals surface area contributed by atoms with Gasteiger partial charge in [-0.15, -0.1) is 0 Å². The van der Waals surface area contributed by atoms with Gasteiger partial charge in [0.05, 0.1) is 28.5 Å². The van der Waals surface area contributed by atoms with Crippen molar-refractivity contribution < 1.29 is 9.59 Å². The highest BCUT2D eigenvalue weighted by molar-refractivity contribution is 6.33. The Morgan fingerprint density at radius 1 is 0.879 bits per heavy atom. The molecular weight excluding hydrogens is 436 g/mol. The smallest absolute Gasteiger partial charge is 0.256 e. The van der Waals surface area contributed by atoms with Gasteiger partial charge in [0.1, 0.15) is 0 Å². The third-order valence-electron chi connectivity index (χ3n) is 5.81. The van der Waals surface area contributed by atoms with Crippen molar-refractivity contribution in [1.82, 2.24) is 9.80 Å². The number of carbonyl (C=O) groups is 2. The summed E-state index contributed by atoms with van der Waals surface area (Å²) in [6.45, 7) is 2.68. The molecule has 3 aromatic rings. The minimum absolute atomic E-state index is 0.00792. The number of para-hydroxylation sites is 3. The normalized spacial score (nSPS) is 14.1. The van der Waals surface area contributed by atoms with E-state index in [2.05, 4.69) is 10.2 Å². The second-order valence-electron chi connectivity index (χ2n) is 8.01. The number of benzene rings is 3. The van der Waals surface area contributed by atoms with E-state index in [9.17, 15) is 9.59 Å². The minimum atomic E-state index is -0.113. The molecule has 1 aliphatic rings. The second kappa shape index (κ2) is 10.5. The molecule has 0 radical (unpaired) electrons. The first-order valence-electron chi connectivity index (χ1n) is 11.0. The number of rotatable bonds is 6. The Labute approximate surface area is 199 Å². The zero-order valence-corrected chi connectivity index (χ0v) is 19.3. The lowest BCUT2D eigenvalue weighted by Gasteiger charge is -2.35. The number of hydrogen-bond acceptors (Lipinski definition) is 4. The molecule has 1 N–H and O–H groups in total. The molecule has 3 aromatic carbocycles. The highest BCUT2D eigenvalue weighted by atomic mass is 35.5. The van der Waals surface area contributed by atoms with Crippen molar-refractivity contribution in [3.8, 4) is 0 Å². The van der Waals surface area contributed by atoms with E-state index >= 15 is 0 Å². The summed E-state index contributed by atoms with van der Waals surface area (Å²) in [5.41, 5.74) is 3.17. The summed E-state index contributed by atoms with van der Waals surface area (Å²) in [6.07, 6.45) is 0. The Hall–Kier alpha value is -3.35. The predicted molar refractivity (Wildman–Crippen MR) is 133 cm³/mol. The fourth-order valence-corrected chi connectivity index (χ4v) is 4.16. The lowest BCUT2D eigenvalue weighted by atomic mass is 10.1. The van der Waals surface area contributed by atoms with Gasteiger partial charge in [0.25, 0.3) is 5.91 Å². The van der Waals surface area contributed by atoms with Gasteiger partial charge in [0.15, 0.2) is 0 Å². The van der Waals surface area contributed by atoms with Crippen molar-refractivity contribution in [2.75, 3.05) is 50.0 Å². The Kier molecular flexibility index (Phi) is 7.27. The number of anilines is 3. The maximum absolute atomic E-state index is 13.4. The molecule has 4 rings (SSSR count). The molecule has 1 aliphatic heterocycles. The van der Waals surface area contributed by atoms with E-state index in [1.54, 1.807) is 12.1 Å². The fraction of sp³-hybridized carbons (Fsp3) is 0.231. The quantitative estimate of drug-likeness (QED) is 0.585. The Morgan fingerprint density at radius 3 is 2.24 bits per heavy atom. The van der Waals surface area contributed by atoms with Crippen molar-refractivity contribution >= 4 is 40.5 Å². The molecule has 0 atom stereocenters. The van der Waals surface area contributed by atoms with Crippen LogP contribution in [0.1, 0.15) is 10.4 Å². The largest absolute Gasteiger partial charge is 0.344 e. The van der Waals surface area contributed by atoms with E-state index in [1.807, 2.05) is 83.6 Å². The summed E-state index contributed by atoms with van der Waals surface area (Å²) in [4.78, 5) is 31.7. The number of carbonyl (C=O) groups excluding carboxylic acids is 2. The number of piperazine rings is 1. The third kappa shape index (κ3) is 5.53. The third-order valence-corrected chi connectivity index (χ3v) is 6.14. The van der Waals surface area contributed by atoms with Crippen molar-refractivity contribution in [2.45, 2.75) is 0 Å². The van der Waals surface area contributed by atoms with Gasteiger partial charge in [-0.1, -0.05) is 54.1 Å². The fourth-order valence-electron chi connectivity index (χ4n) is 3.97. The molecule has 0 saturated carbocycles. The number of amides is 2. The lowest BCUT2D eigenvalue weighted by Crippen LogP contribution is -2.50. The maximum atomic E-state index is 13.4. The van der Waals surface area contributed by atoms with E-state index in [4.69, 9.17) is 11.6 Å². The molecular formula is C26H27ClN4O2. The first kappa shape index (κ1) is 22.8. The molecule has 1 fully saturated rings. The summed E-state index contributed by atoms with van der Waals surface area (Å²) >= 11 is 6.12. The van der Waals surface area contributed by atoms with Gasteiger partial charge in [-0.3, -0.25) is 14.5 Å². The summed E-state index contributed by atoms with van der Waals surface area (Å²) in [5, 5.41) is 3.37. The zero-order valence-electron chi connectivity index (χ0n) is 18.6. The number of hydrogen-bond donors (Lipinski definition) is 1. The standard InChI is InChI=1S/C26H27ClN4O2/c1-29(20-9-3-2-4-10-20)24-14-8-5-11-21(24)26(33)31-17-15-30(16-18-31)19-25(32)28-23-13-7-6-12-22(23)27/h2-14H,15-19H2,1H3,(H,28,32). The zero-order chi connectivity index (χ0) is 23.2.